The van der Waals surface area contributed by atoms with Gasteiger partial charge in [-0.3, -0.25) is 0 Å². The molecule has 0 saturated heterocycles. The largest absolute Gasteiger partial charge is 0.493 e. The van der Waals surface area contributed by atoms with Gasteiger partial charge in [0.2, 0.25) is 5.89 Å². The van der Waals surface area contributed by atoms with E-state index in [1.165, 1.54) is 20.3 Å². The molecule has 1 aromatic carbocycles. The number of benzene rings is 1. The lowest BCUT2D eigenvalue weighted by Gasteiger charge is -2.10. The molecule has 2 rings (SSSR count). The van der Waals surface area contributed by atoms with Gasteiger partial charge in [0.15, 0.2) is 11.5 Å². The van der Waals surface area contributed by atoms with E-state index in [-0.39, 0.29) is 10.1 Å². The van der Waals surface area contributed by atoms with Gasteiger partial charge in [-0.1, -0.05) is 0 Å². The number of rotatable bonds is 6. The highest BCUT2D eigenvalue weighted by Crippen LogP contribution is 2.37. The lowest BCUT2D eigenvalue weighted by molar-refractivity contribution is -0.131. The molecule has 1 N–H and O–H groups in total. The SMILES string of the molecule is COc1cc(/C=C(/Sc2nnc(C)o2)C(=O)O)cc(Br)c1OC. The Kier molecular flexibility index (Phi) is 5.67. The van der Waals surface area contributed by atoms with Crippen molar-refractivity contribution in [1.82, 2.24) is 10.2 Å². The van der Waals surface area contributed by atoms with Crippen molar-refractivity contribution in [1.29, 1.82) is 0 Å². The van der Waals surface area contributed by atoms with Crippen molar-refractivity contribution in [3.05, 3.63) is 33.0 Å². The van der Waals surface area contributed by atoms with Crippen LogP contribution in [0.5, 0.6) is 11.5 Å². The van der Waals surface area contributed by atoms with Crippen LogP contribution in [0.3, 0.4) is 0 Å². The maximum atomic E-state index is 11.4. The normalized spacial score (nSPS) is 11.4. The minimum atomic E-state index is -1.10. The van der Waals surface area contributed by atoms with E-state index in [0.29, 0.717) is 27.4 Å². The highest BCUT2D eigenvalue weighted by atomic mass is 79.9. The van der Waals surface area contributed by atoms with Gasteiger partial charge >= 0.3 is 5.97 Å². The number of thioether (sulfide) groups is 1. The van der Waals surface area contributed by atoms with Crippen LogP contribution >= 0.6 is 27.7 Å². The molecule has 0 bridgehead atoms. The molecular formula is C14H13BrN2O5S. The van der Waals surface area contributed by atoms with Crippen LogP contribution in [0.2, 0.25) is 0 Å². The standard InChI is InChI=1S/C14H13BrN2O5S/c1-7-16-17-14(22-7)23-11(13(18)19)6-8-4-9(15)12(21-3)10(5-8)20-2/h4-6H,1-3H3,(H,18,19)/b11-6+. The first kappa shape index (κ1) is 17.4. The maximum absolute atomic E-state index is 11.4. The van der Waals surface area contributed by atoms with E-state index in [4.69, 9.17) is 13.9 Å². The Labute approximate surface area is 144 Å². The summed E-state index contributed by atoms with van der Waals surface area (Å²) >= 11 is 4.24. The number of ether oxygens (including phenoxy) is 2. The molecule has 2 aromatic rings. The van der Waals surface area contributed by atoms with Gasteiger partial charge in [-0.05, 0) is 51.5 Å². The molecule has 9 heteroatoms. The van der Waals surface area contributed by atoms with Gasteiger partial charge in [-0.25, -0.2) is 4.79 Å². The molecule has 0 aliphatic rings. The van der Waals surface area contributed by atoms with E-state index in [1.807, 2.05) is 0 Å². The van der Waals surface area contributed by atoms with E-state index in [1.54, 1.807) is 19.1 Å². The number of aliphatic carboxylic acids is 1. The van der Waals surface area contributed by atoms with E-state index in [2.05, 4.69) is 26.1 Å². The van der Waals surface area contributed by atoms with Crippen molar-refractivity contribution in [2.75, 3.05) is 14.2 Å². The number of carboxylic acids is 1. The second kappa shape index (κ2) is 7.51. The quantitative estimate of drug-likeness (QED) is 0.582. The number of hydrogen-bond acceptors (Lipinski definition) is 7. The molecule has 23 heavy (non-hydrogen) atoms. The summed E-state index contributed by atoms with van der Waals surface area (Å²) in [7, 11) is 3.03. The Hall–Kier alpha value is -2.00. The number of methoxy groups -OCH3 is 2. The lowest BCUT2D eigenvalue weighted by Crippen LogP contribution is -1.97. The van der Waals surface area contributed by atoms with E-state index >= 15 is 0 Å². The highest BCUT2D eigenvalue weighted by Gasteiger charge is 2.16. The third kappa shape index (κ3) is 4.26. The van der Waals surface area contributed by atoms with Crippen LogP contribution in [0, 0.1) is 6.92 Å². The minimum Gasteiger partial charge on any atom is -0.493 e. The lowest BCUT2D eigenvalue weighted by atomic mass is 10.2. The fraction of sp³-hybridized carbons (Fsp3) is 0.214. The highest BCUT2D eigenvalue weighted by molar-refractivity contribution is 9.10. The zero-order chi connectivity index (χ0) is 17.0. The fourth-order valence-electron chi connectivity index (χ4n) is 1.72. The van der Waals surface area contributed by atoms with Gasteiger partial charge < -0.3 is 19.0 Å². The van der Waals surface area contributed by atoms with E-state index in [0.717, 1.165) is 11.8 Å². The van der Waals surface area contributed by atoms with Crippen molar-refractivity contribution >= 4 is 39.7 Å². The summed E-state index contributed by atoms with van der Waals surface area (Å²) in [6, 6.07) is 3.40. The number of aromatic nitrogens is 2. The van der Waals surface area contributed by atoms with E-state index in [9.17, 15) is 9.90 Å². The summed E-state index contributed by atoms with van der Waals surface area (Å²) in [5, 5.41) is 17.0. The second-order valence-electron chi connectivity index (χ2n) is 4.24. The van der Waals surface area contributed by atoms with Crippen molar-refractivity contribution in [2.45, 2.75) is 12.1 Å². The van der Waals surface area contributed by atoms with Gasteiger partial charge in [-0.2, -0.15) is 0 Å². The average molecular weight is 401 g/mol. The van der Waals surface area contributed by atoms with Gasteiger partial charge in [0.05, 0.1) is 18.7 Å². The molecule has 0 amide bonds. The minimum absolute atomic E-state index is 0.0350. The summed E-state index contributed by atoms with van der Waals surface area (Å²) in [4.78, 5) is 11.5. The van der Waals surface area contributed by atoms with E-state index < -0.39 is 5.97 Å². The van der Waals surface area contributed by atoms with Crippen LogP contribution in [0.4, 0.5) is 0 Å². The summed E-state index contributed by atoms with van der Waals surface area (Å²) in [6.45, 7) is 1.63. The van der Waals surface area contributed by atoms with Crippen LogP contribution in [0.1, 0.15) is 11.5 Å². The number of halogens is 1. The molecule has 1 heterocycles. The molecule has 1 aromatic heterocycles. The van der Waals surface area contributed by atoms with Crippen molar-refractivity contribution in [2.24, 2.45) is 0 Å². The third-order valence-electron chi connectivity index (χ3n) is 2.67. The number of aryl methyl sites for hydroxylation is 1. The average Bonchev–Trinajstić information content (AvgIpc) is 2.91. The first-order chi connectivity index (χ1) is 10.9. The number of carbonyl (C=O) groups is 1. The van der Waals surface area contributed by atoms with Crippen LogP contribution in [0.15, 0.2) is 31.2 Å². The Morgan fingerprint density at radius 3 is 2.61 bits per heavy atom. The smallest absolute Gasteiger partial charge is 0.342 e. The Morgan fingerprint density at radius 2 is 2.09 bits per heavy atom. The zero-order valence-electron chi connectivity index (χ0n) is 12.5. The summed E-state index contributed by atoms with van der Waals surface area (Å²) in [6.07, 6.45) is 1.49. The van der Waals surface area contributed by atoms with Gasteiger partial charge in [-0.15, -0.1) is 10.2 Å². The number of carboxylic acid groups (broad SMARTS) is 1. The Balaban J connectivity index is 2.39. The van der Waals surface area contributed by atoms with Crippen molar-refractivity contribution in [3.63, 3.8) is 0 Å². The summed E-state index contributed by atoms with van der Waals surface area (Å²) in [5.41, 5.74) is 0.621. The van der Waals surface area contributed by atoms with Gasteiger partial charge in [0.25, 0.3) is 5.22 Å². The summed E-state index contributed by atoms with van der Waals surface area (Å²) < 4.78 is 16.3. The topological polar surface area (TPSA) is 94.7 Å². The second-order valence-corrected chi connectivity index (χ2v) is 6.09. The predicted octanol–water partition coefficient (Wildman–Crippen LogP) is 3.38. The van der Waals surface area contributed by atoms with Crippen LogP contribution in [0.25, 0.3) is 6.08 Å². The van der Waals surface area contributed by atoms with Crippen LogP contribution in [-0.4, -0.2) is 35.5 Å². The third-order valence-corrected chi connectivity index (χ3v) is 4.11. The van der Waals surface area contributed by atoms with Crippen molar-refractivity contribution < 1.29 is 23.8 Å². The molecule has 0 saturated carbocycles. The molecule has 0 aliphatic carbocycles. The molecular weight excluding hydrogens is 388 g/mol. The van der Waals surface area contributed by atoms with Gasteiger partial charge in [0.1, 0.15) is 4.91 Å². The molecule has 0 atom stereocenters. The zero-order valence-corrected chi connectivity index (χ0v) is 14.9. The Morgan fingerprint density at radius 1 is 1.35 bits per heavy atom. The molecule has 0 aliphatic heterocycles. The number of hydrogen-bond donors (Lipinski definition) is 1. The van der Waals surface area contributed by atoms with Crippen LogP contribution < -0.4 is 9.47 Å². The molecule has 0 fully saturated rings. The summed E-state index contributed by atoms with van der Waals surface area (Å²) in [5.74, 6) is 0.279. The Bertz CT molecular complexity index is 760. The first-order valence-corrected chi connectivity index (χ1v) is 7.90. The molecule has 0 spiro atoms. The fourth-order valence-corrected chi connectivity index (χ4v) is 3.06. The molecule has 0 radical (unpaired) electrons. The molecule has 0 unspecified atom stereocenters. The van der Waals surface area contributed by atoms with Gasteiger partial charge in [0, 0.05) is 6.92 Å². The maximum Gasteiger partial charge on any atom is 0.342 e. The number of nitrogens with zero attached hydrogens (tertiary/aromatic N) is 2. The monoisotopic (exact) mass is 400 g/mol. The van der Waals surface area contributed by atoms with Crippen molar-refractivity contribution in [3.8, 4) is 11.5 Å². The first-order valence-electron chi connectivity index (χ1n) is 6.29. The molecule has 7 nitrogen and oxygen atoms in total. The van der Waals surface area contributed by atoms with Crippen LogP contribution in [-0.2, 0) is 4.79 Å². The molecule has 122 valence electrons. The predicted molar refractivity (Wildman–Crippen MR) is 87.8 cm³/mol.